The topological polar surface area (TPSA) is 61.4 Å². The van der Waals surface area contributed by atoms with E-state index in [0.29, 0.717) is 6.54 Å². The highest BCUT2D eigenvalue weighted by Crippen LogP contribution is 2.18. The van der Waals surface area contributed by atoms with Crippen molar-refractivity contribution in [3.8, 4) is 0 Å². The Morgan fingerprint density at radius 1 is 1.19 bits per heavy atom. The molecule has 0 aliphatic carbocycles. The Kier molecular flexibility index (Phi) is 5.50. The number of anilines is 2. The zero-order chi connectivity index (χ0) is 19.6. The normalized spacial score (nSPS) is 17.7. The van der Waals surface area contributed by atoms with Gasteiger partial charge in [0.1, 0.15) is 0 Å². The third kappa shape index (κ3) is 4.66. The molecule has 1 fully saturated rings. The summed E-state index contributed by atoms with van der Waals surface area (Å²) < 4.78 is 0. The van der Waals surface area contributed by atoms with Crippen LogP contribution in [0.3, 0.4) is 0 Å². The summed E-state index contributed by atoms with van der Waals surface area (Å²) in [5.74, 6) is 0.879. The minimum Gasteiger partial charge on any atom is -0.351 e. The van der Waals surface area contributed by atoms with Crippen molar-refractivity contribution < 1.29 is 4.79 Å². The predicted octanol–water partition coefficient (Wildman–Crippen LogP) is 3.07. The van der Waals surface area contributed by atoms with Gasteiger partial charge in [-0.15, -0.1) is 5.10 Å². The van der Waals surface area contributed by atoms with Crippen LogP contribution in [0, 0.1) is 6.92 Å². The first-order chi connectivity index (χ1) is 12.7. The van der Waals surface area contributed by atoms with Gasteiger partial charge >= 0.3 is 6.03 Å². The molecule has 1 unspecified atom stereocenters. The summed E-state index contributed by atoms with van der Waals surface area (Å²) in [6.07, 6.45) is 1.75. The van der Waals surface area contributed by atoms with Gasteiger partial charge in [-0.2, -0.15) is 5.10 Å². The number of carbonyl (C=O) groups is 1. The van der Waals surface area contributed by atoms with Gasteiger partial charge in [-0.25, -0.2) is 4.79 Å². The number of carbonyl (C=O) groups excluding carboxylic acids is 1. The number of piperazine rings is 1. The van der Waals surface area contributed by atoms with Crippen molar-refractivity contribution in [2.45, 2.75) is 39.5 Å². The Hall–Kier alpha value is -2.41. The second-order valence-electron chi connectivity index (χ2n) is 8.34. The molecule has 0 radical (unpaired) electrons. The predicted molar refractivity (Wildman–Crippen MR) is 114 cm³/mol. The number of hydrogen-bond acceptors (Lipinski definition) is 4. The lowest BCUT2D eigenvalue weighted by molar-refractivity contribution is 0.184. The molecule has 27 heavy (non-hydrogen) atoms. The molecular formula is C20H29N5OSi. The van der Waals surface area contributed by atoms with Crippen molar-refractivity contribution >= 4 is 30.8 Å². The Morgan fingerprint density at radius 2 is 1.89 bits per heavy atom. The van der Waals surface area contributed by atoms with Gasteiger partial charge in [0.25, 0.3) is 0 Å². The van der Waals surface area contributed by atoms with E-state index in [0.717, 1.165) is 30.2 Å². The summed E-state index contributed by atoms with van der Waals surface area (Å²) in [4.78, 5) is 16.8. The second kappa shape index (κ2) is 7.68. The number of nitrogens with one attached hydrogen (secondary N) is 1. The van der Waals surface area contributed by atoms with Crippen LogP contribution >= 0.6 is 0 Å². The average Bonchev–Trinajstić information content (AvgIpc) is 2.61. The Labute approximate surface area is 162 Å². The van der Waals surface area contributed by atoms with Crippen LogP contribution in [0.5, 0.6) is 0 Å². The molecule has 2 heterocycles. The van der Waals surface area contributed by atoms with Crippen LogP contribution in [0.4, 0.5) is 16.3 Å². The third-order valence-electron chi connectivity index (χ3n) is 4.99. The highest BCUT2D eigenvalue weighted by molar-refractivity contribution is 6.88. The number of nitrogens with zero attached hydrogens (tertiary/aromatic N) is 4. The minimum atomic E-state index is -1.32. The van der Waals surface area contributed by atoms with Gasteiger partial charge in [-0.1, -0.05) is 37.0 Å². The van der Waals surface area contributed by atoms with Crippen molar-refractivity contribution in [2.24, 2.45) is 0 Å². The van der Waals surface area contributed by atoms with Crippen LogP contribution < -0.4 is 15.4 Å². The summed E-state index contributed by atoms with van der Waals surface area (Å²) in [5, 5.41) is 12.7. The monoisotopic (exact) mass is 383 g/mol. The van der Waals surface area contributed by atoms with E-state index in [9.17, 15) is 4.79 Å². The van der Waals surface area contributed by atoms with E-state index in [1.807, 2.05) is 30.0 Å². The summed E-state index contributed by atoms with van der Waals surface area (Å²) in [5.41, 5.74) is 1.94. The maximum absolute atomic E-state index is 12.7. The van der Waals surface area contributed by atoms with Crippen LogP contribution in [0.1, 0.15) is 12.5 Å². The van der Waals surface area contributed by atoms with Crippen LogP contribution in [0.25, 0.3) is 0 Å². The number of aromatic nitrogens is 2. The van der Waals surface area contributed by atoms with Gasteiger partial charge in [0.2, 0.25) is 0 Å². The number of hydrogen-bond donors (Lipinski definition) is 1. The van der Waals surface area contributed by atoms with Gasteiger partial charge in [0.15, 0.2) is 5.82 Å². The molecule has 1 aromatic carbocycles. The van der Waals surface area contributed by atoms with E-state index in [2.05, 4.69) is 59.1 Å². The molecule has 3 rings (SSSR count). The quantitative estimate of drug-likeness (QED) is 0.828. The fourth-order valence-corrected chi connectivity index (χ4v) is 4.49. The van der Waals surface area contributed by atoms with Gasteiger partial charge in [-0.3, -0.25) is 0 Å². The summed E-state index contributed by atoms with van der Waals surface area (Å²) in [6.45, 7) is 13.2. The van der Waals surface area contributed by atoms with Gasteiger partial charge in [0.05, 0.1) is 14.3 Å². The molecule has 6 nitrogen and oxygen atoms in total. The van der Waals surface area contributed by atoms with Crippen molar-refractivity contribution in [1.29, 1.82) is 0 Å². The first-order valence-electron chi connectivity index (χ1n) is 9.46. The standard InChI is InChI=1S/C20H29N5OSi/c1-15-12-19(23-21-13-15)24-10-11-25(16(2)14-24)20(26)22-17-6-8-18(9-7-17)27(3,4)5/h6-9,12-13,16H,10-11,14H2,1-5H3,(H,22,26). The Bertz CT molecular complexity index is 803. The lowest BCUT2D eigenvalue weighted by Crippen LogP contribution is -2.55. The summed E-state index contributed by atoms with van der Waals surface area (Å²) in [6, 6.07) is 10.4. The highest BCUT2D eigenvalue weighted by atomic mass is 28.3. The molecule has 1 saturated heterocycles. The third-order valence-corrected chi connectivity index (χ3v) is 7.06. The Balaban J connectivity index is 1.61. The lowest BCUT2D eigenvalue weighted by Gasteiger charge is -2.40. The van der Waals surface area contributed by atoms with Crippen molar-refractivity contribution in [2.75, 3.05) is 29.9 Å². The van der Waals surface area contributed by atoms with Gasteiger partial charge < -0.3 is 15.1 Å². The largest absolute Gasteiger partial charge is 0.351 e. The van der Waals surface area contributed by atoms with E-state index in [1.165, 1.54) is 5.19 Å². The number of benzene rings is 1. The fraction of sp³-hybridized carbons (Fsp3) is 0.450. The zero-order valence-electron chi connectivity index (χ0n) is 16.9. The number of amides is 2. The van der Waals surface area contributed by atoms with Crippen molar-refractivity contribution in [1.82, 2.24) is 15.1 Å². The van der Waals surface area contributed by atoms with E-state index >= 15 is 0 Å². The average molecular weight is 384 g/mol. The molecule has 144 valence electrons. The molecule has 1 aliphatic heterocycles. The first-order valence-corrected chi connectivity index (χ1v) is 13.0. The molecule has 7 heteroatoms. The molecular weight excluding hydrogens is 354 g/mol. The molecule has 1 aromatic heterocycles. The molecule has 1 N–H and O–H groups in total. The van der Waals surface area contributed by atoms with Crippen LogP contribution in [-0.4, -0.2) is 54.9 Å². The molecule has 0 bridgehead atoms. The highest BCUT2D eigenvalue weighted by Gasteiger charge is 2.28. The summed E-state index contributed by atoms with van der Waals surface area (Å²) >= 11 is 0. The maximum Gasteiger partial charge on any atom is 0.322 e. The van der Waals surface area contributed by atoms with Crippen LogP contribution in [0.15, 0.2) is 36.5 Å². The van der Waals surface area contributed by atoms with Gasteiger partial charge in [-0.05, 0) is 37.6 Å². The Morgan fingerprint density at radius 3 is 2.48 bits per heavy atom. The van der Waals surface area contributed by atoms with Crippen LogP contribution in [-0.2, 0) is 0 Å². The molecule has 1 atom stereocenters. The number of rotatable bonds is 3. The molecule has 1 aliphatic rings. The number of urea groups is 1. The van der Waals surface area contributed by atoms with Gasteiger partial charge in [0, 0.05) is 31.4 Å². The second-order valence-corrected chi connectivity index (χ2v) is 13.4. The fourth-order valence-electron chi connectivity index (χ4n) is 3.32. The van der Waals surface area contributed by atoms with Crippen LogP contribution in [0.2, 0.25) is 19.6 Å². The van der Waals surface area contributed by atoms with Crippen molar-refractivity contribution in [3.05, 3.63) is 42.1 Å². The number of aryl methyl sites for hydroxylation is 1. The zero-order valence-corrected chi connectivity index (χ0v) is 17.9. The molecule has 0 spiro atoms. The molecule has 2 amide bonds. The van der Waals surface area contributed by atoms with E-state index in [-0.39, 0.29) is 12.1 Å². The van der Waals surface area contributed by atoms with E-state index < -0.39 is 8.07 Å². The maximum atomic E-state index is 12.7. The minimum absolute atomic E-state index is 0.0433. The molecule has 2 aromatic rings. The smallest absolute Gasteiger partial charge is 0.322 e. The molecule has 0 saturated carbocycles. The van der Waals surface area contributed by atoms with E-state index in [4.69, 9.17) is 0 Å². The first kappa shape index (κ1) is 19.4. The van der Waals surface area contributed by atoms with E-state index in [1.54, 1.807) is 6.20 Å². The van der Waals surface area contributed by atoms with Crippen molar-refractivity contribution in [3.63, 3.8) is 0 Å². The SMILES string of the molecule is Cc1cnnc(N2CCN(C(=O)Nc3ccc([Si](C)(C)C)cc3)C(C)C2)c1. The summed E-state index contributed by atoms with van der Waals surface area (Å²) in [7, 11) is -1.32. The lowest BCUT2D eigenvalue weighted by atomic mass is 10.2.